The van der Waals surface area contributed by atoms with Crippen LogP contribution in [0.1, 0.15) is 116 Å². The van der Waals surface area contributed by atoms with Crippen LogP contribution in [-0.4, -0.2) is 26.7 Å². The second-order valence-corrected chi connectivity index (χ2v) is 9.60. The molecule has 0 aromatic carbocycles. The fourth-order valence-corrected chi connectivity index (χ4v) is 4.32. The first kappa shape index (κ1) is 30.6. The van der Waals surface area contributed by atoms with Gasteiger partial charge in [-0.05, 0) is 6.42 Å². The number of carbonyl (C=O) groups is 1. The molecule has 0 amide bonds. The summed E-state index contributed by atoms with van der Waals surface area (Å²) in [6, 6.07) is 0. The van der Waals surface area contributed by atoms with Gasteiger partial charge in [-0.2, -0.15) is 0 Å². The maximum Gasteiger partial charge on any atom is 1.00 e. The zero-order valence-corrected chi connectivity index (χ0v) is 21.3. The topological polar surface area (TPSA) is 86.3 Å². The molecule has 0 unspecified atom stereocenters. The third-order valence-corrected chi connectivity index (χ3v) is 6.36. The number of carboxylic acid groups (broad SMARTS) is 1. The van der Waals surface area contributed by atoms with Crippen LogP contribution in [-0.2, 0) is 14.8 Å². The molecular weight excluding hydrogens is 385 g/mol. The van der Waals surface area contributed by atoms with E-state index in [-0.39, 0.29) is 35.3 Å². The van der Waals surface area contributed by atoms with Crippen molar-refractivity contribution in [1.82, 2.24) is 4.72 Å². The molecule has 28 heavy (non-hydrogen) atoms. The largest absolute Gasteiger partial charge is 1.00 e. The maximum absolute atomic E-state index is 11.5. The molecule has 0 saturated carbocycles. The molecule has 5 nitrogen and oxygen atoms in total. The van der Waals surface area contributed by atoms with E-state index in [1.54, 1.807) is 0 Å². The average Bonchev–Trinajstić information content (AvgIpc) is 2.62. The van der Waals surface area contributed by atoms with E-state index in [0.717, 1.165) is 19.3 Å². The van der Waals surface area contributed by atoms with Gasteiger partial charge in [-0.1, -0.05) is 110 Å². The van der Waals surface area contributed by atoms with E-state index in [0.29, 0.717) is 6.42 Å². The Kier molecular flexibility index (Phi) is 24.1. The van der Waals surface area contributed by atoms with Gasteiger partial charge >= 0.3 is 29.6 Å². The van der Waals surface area contributed by atoms with Gasteiger partial charge in [0.05, 0.1) is 18.3 Å². The van der Waals surface area contributed by atoms with Crippen molar-refractivity contribution in [3.05, 3.63) is 0 Å². The Labute approximate surface area is 196 Å². The van der Waals surface area contributed by atoms with Crippen LogP contribution in [0.2, 0.25) is 0 Å². The van der Waals surface area contributed by atoms with Crippen LogP contribution >= 0.6 is 0 Å². The number of carbonyl (C=O) groups excluding carboxylic acids is 1. The van der Waals surface area contributed by atoms with Crippen molar-refractivity contribution in [3.63, 3.8) is 0 Å². The first-order chi connectivity index (χ1) is 13.0. The molecule has 0 atom stereocenters. The van der Waals surface area contributed by atoms with E-state index >= 15 is 0 Å². The second-order valence-electron chi connectivity index (χ2n) is 7.67. The van der Waals surface area contributed by atoms with Crippen molar-refractivity contribution in [2.24, 2.45) is 0 Å². The molecule has 7 heteroatoms. The maximum atomic E-state index is 11.5. The second kappa shape index (κ2) is 22.1. The summed E-state index contributed by atoms with van der Waals surface area (Å²) in [5.41, 5.74) is 0. The fourth-order valence-electron chi connectivity index (χ4n) is 3.26. The minimum absolute atomic E-state index is 0. The Morgan fingerprint density at radius 1 is 0.679 bits per heavy atom. The van der Waals surface area contributed by atoms with Gasteiger partial charge in [-0.25, -0.2) is 13.1 Å². The number of nitrogens with one attached hydrogen (secondary N) is 1. The first-order valence-electron chi connectivity index (χ1n) is 11.1. The van der Waals surface area contributed by atoms with Gasteiger partial charge in [0.1, 0.15) is 0 Å². The van der Waals surface area contributed by atoms with Crippen LogP contribution in [0.3, 0.4) is 0 Å². The summed E-state index contributed by atoms with van der Waals surface area (Å²) in [6.45, 7) is 1.62. The van der Waals surface area contributed by atoms with E-state index in [4.69, 9.17) is 0 Å². The van der Waals surface area contributed by atoms with Crippen LogP contribution in [0.25, 0.3) is 0 Å². The molecule has 0 rings (SSSR count). The molecule has 0 aliphatic rings. The molecule has 0 aromatic heterocycles. The Morgan fingerprint density at radius 3 is 1.32 bits per heavy atom. The Balaban J connectivity index is 0. The summed E-state index contributed by atoms with van der Waals surface area (Å²) >= 11 is 0. The predicted molar refractivity (Wildman–Crippen MR) is 111 cm³/mol. The molecular formula is C21H42NNaO4S. The van der Waals surface area contributed by atoms with Crippen LogP contribution < -0.4 is 39.4 Å². The van der Waals surface area contributed by atoms with Crippen LogP contribution in [0.15, 0.2) is 0 Å². The van der Waals surface area contributed by atoms with Crippen molar-refractivity contribution in [2.75, 3.05) is 12.3 Å². The summed E-state index contributed by atoms with van der Waals surface area (Å²) in [7, 11) is -3.47. The average molecular weight is 428 g/mol. The van der Waals surface area contributed by atoms with E-state index in [9.17, 15) is 18.3 Å². The smallest absolute Gasteiger partial charge is 0.549 e. The third-order valence-electron chi connectivity index (χ3n) is 4.95. The number of aliphatic carboxylic acids is 1. The minimum Gasteiger partial charge on any atom is -0.549 e. The summed E-state index contributed by atoms with van der Waals surface area (Å²) in [4.78, 5) is 10.2. The molecule has 162 valence electrons. The van der Waals surface area contributed by atoms with Crippen molar-refractivity contribution >= 4 is 16.0 Å². The zero-order chi connectivity index (χ0) is 20.2. The molecule has 0 saturated heterocycles. The predicted octanol–water partition coefficient (Wildman–Crippen LogP) is 1.31. The Bertz CT molecular complexity index is 444. The molecule has 0 aromatic rings. The monoisotopic (exact) mass is 427 g/mol. The van der Waals surface area contributed by atoms with Gasteiger partial charge < -0.3 is 9.90 Å². The fraction of sp³-hybridized carbons (Fsp3) is 0.952. The third kappa shape index (κ3) is 24.4. The van der Waals surface area contributed by atoms with Crippen molar-refractivity contribution < 1.29 is 47.9 Å². The normalized spacial score (nSPS) is 11.3. The molecule has 0 aliphatic heterocycles. The van der Waals surface area contributed by atoms with E-state index in [1.807, 2.05) is 4.72 Å². The molecule has 0 aliphatic carbocycles. The van der Waals surface area contributed by atoms with Gasteiger partial charge in [0, 0.05) is 0 Å². The summed E-state index contributed by atoms with van der Waals surface area (Å²) in [6.07, 6.45) is 21.3. The molecule has 1 N–H and O–H groups in total. The summed E-state index contributed by atoms with van der Waals surface area (Å²) in [5, 5.41) is 10.2. The Morgan fingerprint density at radius 2 is 1.00 bits per heavy atom. The van der Waals surface area contributed by atoms with Crippen molar-refractivity contribution in [1.29, 1.82) is 0 Å². The van der Waals surface area contributed by atoms with Crippen LogP contribution in [0, 0.1) is 0 Å². The van der Waals surface area contributed by atoms with Gasteiger partial charge in [0.2, 0.25) is 10.0 Å². The molecule has 0 heterocycles. The van der Waals surface area contributed by atoms with Gasteiger partial charge in [-0.15, -0.1) is 0 Å². The minimum atomic E-state index is -3.47. The van der Waals surface area contributed by atoms with Gasteiger partial charge in [-0.3, -0.25) is 0 Å². The molecule has 0 spiro atoms. The van der Waals surface area contributed by atoms with Crippen molar-refractivity contribution in [3.8, 4) is 0 Å². The van der Waals surface area contributed by atoms with Gasteiger partial charge in [0.15, 0.2) is 0 Å². The van der Waals surface area contributed by atoms with Gasteiger partial charge in [0.25, 0.3) is 0 Å². The van der Waals surface area contributed by atoms with E-state index < -0.39 is 22.5 Å². The number of rotatable bonds is 21. The molecule has 0 radical (unpaired) electrons. The first-order valence-corrected chi connectivity index (χ1v) is 12.8. The summed E-state index contributed by atoms with van der Waals surface area (Å²) in [5.74, 6) is -1.40. The Hall–Kier alpha value is 0.380. The molecule has 0 fully saturated rings. The van der Waals surface area contributed by atoms with E-state index in [2.05, 4.69) is 6.92 Å². The van der Waals surface area contributed by atoms with Crippen LogP contribution in [0.4, 0.5) is 0 Å². The SMILES string of the molecule is CCCCCCCCCCCCCCCCCCCS(=O)(=O)NCC(=O)[O-].[Na+]. The summed E-state index contributed by atoms with van der Waals surface area (Å²) < 4.78 is 25.0. The molecule has 0 bridgehead atoms. The zero-order valence-electron chi connectivity index (χ0n) is 18.5. The number of hydrogen-bond acceptors (Lipinski definition) is 4. The number of hydrogen-bond donors (Lipinski definition) is 1. The number of carboxylic acids is 1. The standard InChI is InChI=1S/C21H43NO4S.Na/c1-2-3-4-5-6-7-8-9-10-11-12-13-14-15-16-17-18-19-27(25,26)22-20-21(23)24;/h22H,2-20H2,1H3,(H,23,24);/q;+1/p-1. The quantitative estimate of drug-likeness (QED) is 0.221. The number of unbranched alkanes of at least 4 members (excludes halogenated alkanes) is 16. The van der Waals surface area contributed by atoms with Crippen molar-refractivity contribution in [2.45, 2.75) is 116 Å². The number of sulfonamides is 1. The van der Waals surface area contributed by atoms with E-state index in [1.165, 1.54) is 83.5 Å². The van der Waals surface area contributed by atoms with Crippen LogP contribution in [0.5, 0.6) is 0 Å².